The summed E-state index contributed by atoms with van der Waals surface area (Å²) in [5.74, 6) is 0. The fraction of sp³-hybridized carbons (Fsp3) is 0.500. The Bertz CT molecular complexity index is 248. The molecule has 0 bridgehead atoms. The average Bonchev–Trinajstić information content (AvgIpc) is 2.26. The predicted molar refractivity (Wildman–Crippen MR) is 59.2 cm³/mol. The SMILES string of the molecule is COC(C)[C@H](C)NCc1ccccc1. The third kappa shape index (κ3) is 3.48. The lowest BCUT2D eigenvalue weighted by Crippen LogP contribution is -2.36. The Labute approximate surface area is 86.3 Å². The first-order valence-electron chi connectivity index (χ1n) is 5.04. The molecule has 1 aromatic rings. The molecular formula is C12H19NO. The third-order valence-corrected chi connectivity index (χ3v) is 2.55. The van der Waals surface area contributed by atoms with Crippen LogP contribution in [-0.4, -0.2) is 19.3 Å². The highest BCUT2D eigenvalue weighted by molar-refractivity contribution is 5.14. The van der Waals surface area contributed by atoms with Gasteiger partial charge in [0.05, 0.1) is 6.10 Å². The Balaban J connectivity index is 2.34. The van der Waals surface area contributed by atoms with Crippen molar-refractivity contribution in [3.8, 4) is 0 Å². The summed E-state index contributed by atoms with van der Waals surface area (Å²) >= 11 is 0. The van der Waals surface area contributed by atoms with E-state index in [2.05, 4.69) is 43.4 Å². The zero-order valence-electron chi connectivity index (χ0n) is 9.16. The van der Waals surface area contributed by atoms with E-state index >= 15 is 0 Å². The molecule has 0 aromatic heterocycles. The lowest BCUT2D eigenvalue weighted by atomic mass is 10.2. The van der Waals surface area contributed by atoms with Crippen LogP contribution < -0.4 is 5.32 Å². The highest BCUT2D eigenvalue weighted by Gasteiger charge is 2.09. The molecule has 0 aliphatic rings. The molecular weight excluding hydrogens is 174 g/mol. The number of nitrogens with one attached hydrogen (secondary N) is 1. The number of ether oxygens (including phenoxy) is 1. The van der Waals surface area contributed by atoms with Gasteiger partial charge in [-0.3, -0.25) is 0 Å². The molecule has 1 rings (SSSR count). The second kappa shape index (κ2) is 5.78. The molecule has 1 unspecified atom stereocenters. The fourth-order valence-corrected chi connectivity index (χ4v) is 1.24. The van der Waals surface area contributed by atoms with Crippen LogP contribution in [0.4, 0.5) is 0 Å². The summed E-state index contributed by atoms with van der Waals surface area (Å²) in [4.78, 5) is 0. The van der Waals surface area contributed by atoms with Gasteiger partial charge in [0.15, 0.2) is 0 Å². The van der Waals surface area contributed by atoms with E-state index in [1.54, 1.807) is 7.11 Å². The van der Waals surface area contributed by atoms with Crippen LogP contribution in [0.15, 0.2) is 30.3 Å². The lowest BCUT2D eigenvalue weighted by Gasteiger charge is -2.19. The minimum absolute atomic E-state index is 0.249. The van der Waals surface area contributed by atoms with Crippen molar-refractivity contribution in [1.29, 1.82) is 0 Å². The smallest absolute Gasteiger partial charge is 0.0693 e. The molecule has 2 heteroatoms. The molecule has 0 spiro atoms. The summed E-state index contributed by atoms with van der Waals surface area (Å²) < 4.78 is 5.24. The van der Waals surface area contributed by atoms with Crippen molar-refractivity contribution in [3.63, 3.8) is 0 Å². The van der Waals surface area contributed by atoms with E-state index in [4.69, 9.17) is 4.74 Å². The van der Waals surface area contributed by atoms with Gasteiger partial charge in [-0.05, 0) is 19.4 Å². The molecule has 0 saturated heterocycles. The Hall–Kier alpha value is -0.860. The lowest BCUT2D eigenvalue weighted by molar-refractivity contribution is 0.0882. The molecule has 0 amide bonds. The normalized spacial score (nSPS) is 15.1. The summed E-state index contributed by atoms with van der Waals surface area (Å²) in [6, 6.07) is 10.8. The molecule has 2 nitrogen and oxygen atoms in total. The Morgan fingerprint density at radius 1 is 1.21 bits per heavy atom. The number of hydrogen-bond donors (Lipinski definition) is 1. The van der Waals surface area contributed by atoms with Crippen LogP contribution in [0.1, 0.15) is 19.4 Å². The van der Waals surface area contributed by atoms with Crippen LogP contribution in [0.2, 0.25) is 0 Å². The first kappa shape index (κ1) is 11.2. The van der Waals surface area contributed by atoms with Gasteiger partial charge < -0.3 is 10.1 Å². The first-order chi connectivity index (χ1) is 6.74. The van der Waals surface area contributed by atoms with Crippen molar-refractivity contribution in [1.82, 2.24) is 5.32 Å². The Kier molecular flexibility index (Phi) is 4.63. The summed E-state index contributed by atoms with van der Waals surface area (Å²) in [6.07, 6.45) is 0.249. The number of rotatable bonds is 5. The van der Waals surface area contributed by atoms with Gasteiger partial charge in [0.25, 0.3) is 0 Å². The molecule has 2 atom stereocenters. The van der Waals surface area contributed by atoms with Gasteiger partial charge in [-0.25, -0.2) is 0 Å². The highest BCUT2D eigenvalue weighted by atomic mass is 16.5. The predicted octanol–water partition coefficient (Wildman–Crippen LogP) is 2.20. The largest absolute Gasteiger partial charge is 0.380 e. The van der Waals surface area contributed by atoms with Gasteiger partial charge in [0, 0.05) is 19.7 Å². The van der Waals surface area contributed by atoms with E-state index in [1.807, 2.05) is 6.07 Å². The van der Waals surface area contributed by atoms with E-state index in [-0.39, 0.29) is 6.10 Å². The molecule has 0 heterocycles. The topological polar surface area (TPSA) is 21.3 Å². The third-order valence-electron chi connectivity index (χ3n) is 2.55. The maximum absolute atomic E-state index is 5.24. The van der Waals surface area contributed by atoms with E-state index in [1.165, 1.54) is 5.56 Å². The highest BCUT2D eigenvalue weighted by Crippen LogP contribution is 2.01. The van der Waals surface area contributed by atoms with Gasteiger partial charge in [-0.1, -0.05) is 30.3 Å². The van der Waals surface area contributed by atoms with Gasteiger partial charge in [0.2, 0.25) is 0 Å². The maximum atomic E-state index is 5.24. The van der Waals surface area contributed by atoms with Gasteiger partial charge in [-0.15, -0.1) is 0 Å². The van der Waals surface area contributed by atoms with Crippen molar-refractivity contribution in [2.24, 2.45) is 0 Å². The molecule has 0 aliphatic carbocycles. The number of methoxy groups -OCH3 is 1. The van der Waals surface area contributed by atoms with Gasteiger partial charge >= 0.3 is 0 Å². The molecule has 14 heavy (non-hydrogen) atoms. The minimum Gasteiger partial charge on any atom is -0.380 e. The van der Waals surface area contributed by atoms with Gasteiger partial charge in [-0.2, -0.15) is 0 Å². The molecule has 0 fully saturated rings. The molecule has 1 aromatic carbocycles. The van der Waals surface area contributed by atoms with E-state index in [9.17, 15) is 0 Å². The maximum Gasteiger partial charge on any atom is 0.0693 e. The molecule has 0 saturated carbocycles. The van der Waals surface area contributed by atoms with Crippen LogP contribution in [0.5, 0.6) is 0 Å². The molecule has 0 radical (unpaired) electrons. The molecule has 0 aliphatic heterocycles. The van der Waals surface area contributed by atoms with Crippen LogP contribution in [0, 0.1) is 0 Å². The molecule has 1 N–H and O–H groups in total. The van der Waals surface area contributed by atoms with E-state index in [0.29, 0.717) is 6.04 Å². The zero-order valence-corrected chi connectivity index (χ0v) is 9.16. The first-order valence-corrected chi connectivity index (χ1v) is 5.04. The Morgan fingerprint density at radius 2 is 1.86 bits per heavy atom. The van der Waals surface area contributed by atoms with Crippen molar-refractivity contribution in [2.45, 2.75) is 32.5 Å². The summed E-state index contributed by atoms with van der Waals surface area (Å²) in [5, 5.41) is 3.42. The zero-order chi connectivity index (χ0) is 10.4. The van der Waals surface area contributed by atoms with Gasteiger partial charge in [0.1, 0.15) is 0 Å². The summed E-state index contributed by atoms with van der Waals surface area (Å²) in [7, 11) is 1.74. The van der Waals surface area contributed by atoms with Crippen molar-refractivity contribution < 1.29 is 4.74 Å². The second-order valence-corrected chi connectivity index (χ2v) is 3.60. The van der Waals surface area contributed by atoms with E-state index in [0.717, 1.165) is 6.54 Å². The number of hydrogen-bond acceptors (Lipinski definition) is 2. The van der Waals surface area contributed by atoms with Crippen LogP contribution >= 0.6 is 0 Å². The molecule has 78 valence electrons. The van der Waals surface area contributed by atoms with Crippen molar-refractivity contribution in [2.75, 3.05) is 7.11 Å². The average molecular weight is 193 g/mol. The standard InChI is InChI=1S/C12H19NO/c1-10(11(2)14-3)13-9-12-7-5-4-6-8-12/h4-8,10-11,13H,9H2,1-3H3/t10-,11?/m0/s1. The van der Waals surface area contributed by atoms with Crippen LogP contribution in [0.3, 0.4) is 0 Å². The van der Waals surface area contributed by atoms with E-state index < -0.39 is 0 Å². The van der Waals surface area contributed by atoms with Crippen molar-refractivity contribution in [3.05, 3.63) is 35.9 Å². The van der Waals surface area contributed by atoms with Crippen molar-refractivity contribution >= 4 is 0 Å². The summed E-state index contributed by atoms with van der Waals surface area (Å²) in [6.45, 7) is 5.11. The fourth-order valence-electron chi connectivity index (χ4n) is 1.24. The monoisotopic (exact) mass is 193 g/mol. The minimum atomic E-state index is 0.249. The van der Waals surface area contributed by atoms with Crippen LogP contribution in [0.25, 0.3) is 0 Å². The second-order valence-electron chi connectivity index (χ2n) is 3.60. The Morgan fingerprint density at radius 3 is 2.43 bits per heavy atom. The van der Waals surface area contributed by atoms with Crippen LogP contribution in [-0.2, 0) is 11.3 Å². The summed E-state index contributed by atoms with van der Waals surface area (Å²) in [5.41, 5.74) is 1.31. The number of benzene rings is 1. The quantitative estimate of drug-likeness (QED) is 0.774.